The molecule has 0 amide bonds. The van der Waals surface area contributed by atoms with Crippen molar-refractivity contribution >= 4 is 23.0 Å². The molecule has 0 aliphatic carbocycles. The Morgan fingerprint density at radius 1 is 0.893 bits per heavy atom. The second-order valence-electron chi connectivity index (χ2n) is 6.13. The predicted octanol–water partition coefficient (Wildman–Crippen LogP) is 5.64. The number of aromatic carboxylic acids is 1. The van der Waals surface area contributed by atoms with E-state index in [1.807, 2.05) is 41.8 Å². The highest BCUT2D eigenvalue weighted by Crippen LogP contribution is 2.35. The molecule has 4 rings (SSSR count). The van der Waals surface area contributed by atoms with Gasteiger partial charge >= 0.3 is 5.97 Å². The third-order valence-corrected chi connectivity index (χ3v) is 5.30. The number of aromatic nitrogens is 1. The molecule has 0 unspecified atom stereocenters. The van der Waals surface area contributed by atoms with Crippen LogP contribution in [0.15, 0.2) is 78.2 Å². The van der Waals surface area contributed by atoms with Crippen molar-refractivity contribution in [3.8, 4) is 33.0 Å². The normalized spacial score (nSPS) is 10.6. The van der Waals surface area contributed by atoms with E-state index in [1.54, 1.807) is 36.4 Å². The summed E-state index contributed by atoms with van der Waals surface area (Å²) in [5, 5.41) is 21.8. The van der Waals surface area contributed by atoms with Gasteiger partial charge in [-0.25, -0.2) is 9.78 Å². The molecule has 3 N–H and O–H groups in total. The Balaban J connectivity index is 1.78. The van der Waals surface area contributed by atoms with Crippen molar-refractivity contribution in [3.63, 3.8) is 0 Å². The van der Waals surface area contributed by atoms with Crippen LogP contribution >= 0.6 is 11.3 Å². The summed E-state index contributed by atoms with van der Waals surface area (Å²) in [7, 11) is 0. The highest BCUT2D eigenvalue weighted by Gasteiger charge is 2.17. The van der Waals surface area contributed by atoms with Crippen molar-refractivity contribution in [2.24, 2.45) is 0 Å². The lowest BCUT2D eigenvalue weighted by Crippen LogP contribution is -2.02. The second-order valence-corrected chi connectivity index (χ2v) is 6.98. The summed E-state index contributed by atoms with van der Waals surface area (Å²) < 4.78 is 0. The maximum atomic E-state index is 11.9. The zero-order valence-electron chi connectivity index (χ0n) is 14.7. The van der Waals surface area contributed by atoms with E-state index in [4.69, 9.17) is 0 Å². The molecule has 3 aromatic carbocycles. The number of carboxylic acids is 1. The van der Waals surface area contributed by atoms with E-state index >= 15 is 0 Å². The third-order valence-electron chi connectivity index (χ3n) is 4.41. The van der Waals surface area contributed by atoms with Crippen molar-refractivity contribution in [3.05, 3.63) is 83.7 Å². The summed E-state index contributed by atoms with van der Waals surface area (Å²) >= 11 is 1.47. The molecule has 0 saturated heterocycles. The van der Waals surface area contributed by atoms with E-state index in [0.717, 1.165) is 21.8 Å². The van der Waals surface area contributed by atoms with Crippen LogP contribution in [0.3, 0.4) is 0 Å². The first kappa shape index (κ1) is 17.9. The van der Waals surface area contributed by atoms with Gasteiger partial charge in [0.05, 0.1) is 16.9 Å². The van der Waals surface area contributed by atoms with Crippen LogP contribution in [-0.4, -0.2) is 21.3 Å². The van der Waals surface area contributed by atoms with Gasteiger partial charge in [0.2, 0.25) is 0 Å². The zero-order valence-corrected chi connectivity index (χ0v) is 15.5. The minimum absolute atomic E-state index is 0.150. The van der Waals surface area contributed by atoms with Crippen LogP contribution in [0.1, 0.15) is 10.4 Å². The number of hydrogen-bond acceptors (Lipinski definition) is 5. The molecule has 0 spiro atoms. The fraction of sp³-hybridized carbons (Fsp3) is 0. The Bertz CT molecular complexity index is 1140. The molecule has 1 heterocycles. The van der Waals surface area contributed by atoms with E-state index < -0.39 is 5.97 Å². The summed E-state index contributed by atoms with van der Waals surface area (Å²) in [5.74, 6) is -1.04. The zero-order chi connectivity index (χ0) is 19.5. The molecule has 0 saturated carbocycles. The molecule has 1 aromatic heterocycles. The van der Waals surface area contributed by atoms with Gasteiger partial charge in [0.25, 0.3) is 0 Å². The van der Waals surface area contributed by atoms with Crippen LogP contribution in [0.4, 0.5) is 5.69 Å². The van der Waals surface area contributed by atoms with Crippen molar-refractivity contribution < 1.29 is 15.1 Å². The first-order chi connectivity index (χ1) is 13.7. The van der Waals surface area contributed by atoms with Gasteiger partial charge in [-0.15, -0.1) is 11.3 Å². The van der Waals surface area contributed by atoms with Gasteiger partial charge in [-0.2, -0.15) is 0 Å². The first-order valence-corrected chi connectivity index (χ1v) is 9.43. The number of para-hydroxylation sites is 1. The minimum Gasteiger partial charge on any atom is -0.478 e. The van der Waals surface area contributed by atoms with Gasteiger partial charge in [-0.05, 0) is 17.7 Å². The molecular weight excluding hydrogens is 372 g/mol. The number of carboxylic acid groups (broad SMARTS) is 1. The maximum absolute atomic E-state index is 11.9. The largest absolute Gasteiger partial charge is 0.478 e. The molecule has 138 valence electrons. The highest BCUT2D eigenvalue weighted by molar-refractivity contribution is 7.13. The molecule has 0 fully saturated rings. The highest BCUT2D eigenvalue weighted by atomic mass is 32.1. The molecule has 0 atom stereocenters. The van der Waals surface area contributed by atoms with E-state index in [0.29, 0.717) is 16.8 Å². The SMILES string of the molecule is O=C(O)c1cc(-c2nc(-c3ccccc3)cs2)ccc1-c1ccccc1NO. The summed E-state index contributed by atoms with van der Waals surface area (Å²) in [6, 6.07) is 22.1. The predicted molar refractivity (Wildman–Crippen MR) is 111 cm³/mol. The van der Waals surface area contributed by atoms with Gasteiger partial charge in [0.1, 0.15) is 5.01 Å². The molecule has 4 aromatic rings. The van der Waals surface area contributed by atoms with Crippen molar-refractivity contribution in [1.82, 2.24) is 4.98 Å². The third kappa shape index (κ3) is 3.38. The number of rotatable bonds is 5. The molecule has 6 heteroatoms. The van der Waals surface area contributed by atoms with Crippen LogP contribution < -0.4 is 5.48 Å². The van der Waals surface area contributed by atoms with Crippen molar-refractivity contribution in [1.29, 1.82) is 0 Å². The number of nitrogens with one attached hydrogen (secondary N) is 1. The second kappa shape index (κ2) is 7.64. The van der Waals surface area contributed by atoms with Gasteiger partial charge in [-0.3, -0.25) is 10.7 Å². The smallest absolute Gasteiger partial charge is 0.336 e. The fourth-order valence-electron chi connectivity index (χ4n) is 3.05. The van der Waals surface area contributed by atoms with Gasteiger partial charge < -0.3 is 5.11 Å². The Hall–Kier alpha value is -3.48. The van der Waals surface area contributed by atoms with Crippen molar-refractivity contribution in [2.45, 2.75) is 0 Å². The Morgan fingerprint density at radius 2 is 1.64 bits per heavy atom. The minimum atomic E-state index is -1.04. The lowest BCUT2D eigenvalue weighted by Gasteiger charge is -2.12. The Labute approximate surface area is 165 Å². The number of carbonyl (C=O) groups is 1. The average molecular weight is 388 g/mol. The standard InChI is InChI=1S/C22H16N2O3S/c25-22(26)18-12-15(10-11-16(18)17-8-4-5-9-19(17)24-27)21-23-20(13-28-21)14-6-2-1-3-7-14/h1-13,24,27H,(H,25,26). The number of anilines is 1. The van der Waals surface area contributed by atoms with E-state index in [1.165, 1.54) is 11.3 Å². The van der Waals surface area contributed by atoms with E-state index in [2.05, 4.69) is 10.5 Å². The Morgan fingerprint density at radius 3 is 2.39 bits per heavy atom. The Kier molecular flexibility index (Phi) is 4.89. The molecule has 0 bridgehead atoms. The summed E-state index contributed by atoms with van der Waals surface area (Å²) in [5.41, 5.74) is 6.46. The van der Waals surface area contributed by atoms with Gasteiger partial charge in [-0.1, -0.05) is 60.7 Å². The number of benzene rings is 3. The molecule has 28 heavy (non-hydrogen) atoms. The summed E-state index contributed by atoms with van der Waals surface area (Å²) in [6.07, 6.45) is 0. The molecular formula is C22H16N2O3S. The molecule has 5 nitrogen and oxygen atoms in total. The molecule has 0 radical (unpaired) electrons. The van der Waals surface area contributed by atoms with Gasteiger partial charge in [0.15, 0.2) is 0 Å². The quantitative estimate of drug-likeness (QED) is 0.385. The van der Waals surface area contributed by atoms with Crippen LogP contribution in [-0.2, 0) is 0 Å². The summed E-state index contributed by atoms with van der Waals surface area (Å²) in [6.45, 7) is 0. The monoisotopic (exact) mass is 388 g/mol. The lowest BCUT2D eigenvalue weighted by atomic mass is 9.96. The average Bonchev–Trinajstić information content (AvgIpc) is 3.24. The van der Waals surface area contributed by atoms with Crippen LogP contribution in [0.25, 0.3) is 33.0 Å². The fourth-order valence-corrected chi connectivity index (χ4v) is 3.88. The number of thiazole rings is 1. The number of hydrogen-bond donors (Lipinski definition) is 3. The maximum Gasteiger partial charge on any atom is 0.336 e. The number of nitrogens with zero attached hydrogens (tertiary/aromatic N) is 1. The molecule has 0 aliphatic heterocycles. The van der Waals surface area contributed by atoms with E-state index in [9.17, 15) is 15.1 Å². The topological polar surface area (TPSA) is 82.5 Å². The first-order valence-electron chi connectivity index (χ1n) is 8.55. The van der Waals surface area contributed by atoms with Crippen LogP contribution in [0, 0.1) is 0 Å². The summed E-state index contributed by atoms with van der Waals surface area (Å²) in [4.78, 5) is 16.6. The van der Waals surface area contributed by atoms with Crippen LogP contribution in [0.5, 0.6) is 0 Å². The van der Waals surface area contributed by atoms with Crippen molar-refractivity contribution in [2.75, 3.05) is 5.48 Å². The van der Waals surface area contributed by atoms with Gasteiger partial charge in [0, 0.05) is 22.1 Å². The van der Waals surface area contributed by atoms with Crippen LogP contribution in [0.2, 0.25) is 0 Å². The lowest BCUT2D eigenvalue weighted by molar-refractivity contribution is 0.0698. The molecule has 0 aliphatic rings. The van der Waals surface area contributed by atoms with E-state index in [-0.39, 0.29) is 5.56 Å².